The van der Waals surface area contributed by atoms with Crippen LogP contribution >= 0.6 is 0 Å². The van der Waals surface area contributed by atoms with Crippen LogP contribution in [0.2, 0.25) is 0 Å². The van der Waals surface area contributed by atoms with E-state index in [9.17, 15) is 13.2 Å². The van der Waals surface area contributed by atoms with Crippen molar-refractivity contribution in [2.45, 2.75) is 46.3 Å². The van der Waals surface area contributed by atoms with Gasteiger partial charge in [0.2, 0.25) is 0 Å². The first kappa shape index (κ1) is 19.1. The topological polar surface area (TPSA) is 55.1 Å². The van der Waals surface area contributed by atoms with Crippen molar-refractivity contribution >= 4 is 11.6 Å². The first-order valence-corrected chi connectivity index (χ1v) is 8.62. The Morgan fingerprint density at radius 1 is 1.11 bits per heavy atom. The quantitative estimate of drug-likeness (QED) is 0.714. The van der Waals surface area contributed by atoms with E-state index in [-0.39, 0.29) is 17.0 Å². The monoisotopic (exact) mass is 377 g/mol. The van der Waals surface area contributed by atoms with Gasteiger partial charge in [0.05, 0.1) is 12.5 Å². The van der Waals surface area contributed by atoms with E-state index in [1.54, 1.807) is 16.6 Å². The van der Waals surface area contributed by atoms with Crippen molar-refractivity contribution in [3.8, 4) is 0 Å². The van der Waals surface area contributed by atoms with E-state index in [2.05, 4.69) is 41.2 Å². The Bertz CT molecular complexity index is 923. The number of anilines is 1. The number of rotatable bonds is 4. The zero-order valence-electron chi connectivity index (χ0n) is 15.7. The predicted molar refractivity (Wildman–Crippen MR) is 97.5 cm³/mol. The summed E-state index contributed by atoms with van der Waals surface area (Å²) in [6.07, 6.45) is -3.70. The van der Waals surface area contributed by atoms with Crippen LogP contribution in [0.3, 0.4) is 0 Å². The average Bonchev–Trinajstić information content (AvgIpc) is 2.99. The van der Waals surface area contributed by atoms with Gasteiger partial charge in [0.25, 0.3) is 5.78 Å². The molecule has 3 aromatic rings. The second-order valence-corrected chi connectivity index (χ2v) is 7.73. The third kappa shape index (κ3) is 4.56. The lowest BCUT2D eigenvalue weighted by Gasteiger charge is -2.33. The Balaban J connectivity index is 1.94. The summed E-state index contributed by atoms with van der Waals surface area (Å²) in [4.78, 5) is 8.45. The van der Waals surface area contributed by atoms with Gasteiger partial charge in [-0.25, -0.2) is 4.98 Å². The number of aryl methyl sites for hydroxylation is 1. The average molecular weight is 377 g/mol. The molecule has 5 nitrogen and oxygen atoms in total. The Hall–Kier alpha value is -2.64. The number of benzene rings is 1. The lowest BCUT2D eigenvalue weighted by atomic mass is 9.82. The molecule has 0 spiro atoms. The fourth-order valence-corrected chi connectivity index (χ4v) is 3.04. The number of halogens is 3. The zero-order chi connectivity index (χ0) is 19.8. The fraction of sp³-hybridized carbons (Fsp3) is 0.421. The Morgan fingerprint density at radius 3 is 2.37 bits per heavy atom. The highest BCUT2D eigenvalue weighted by molar-refractivity contribution is 5.47. The van der Waals surface area contributed by atoms with Gasteiger partial charge in [0, 0.05) is 11.8 Å². The first-order valence-electron chi connectivity index (χ1n) is 8.62. The third-order valence-electron chi connectivity index (χ3n) is 4.26. The molecule has 0 amide bonds. The molecule has 0 radical (unpaired) electrons. The molecule has 0 aliphatic rings. The normalized spacial score (nSPS) is 13.7. The largest absolute Gasteiger partial charge is 0.393 e. The summed E-state index contributed by atoms with van der Waals surface area (Å²) >= 11 is 0. The van der Waals surface area contributed by atoms with Crippen LogP contribution in [0.5, 0.6) is 0 Å². The van der Waals surface area contributed by atoms with Gasteiger partial charge in [-0.05, 0) is 23.5 Å². The van der Waals surface area contributed by atoms with Crippen LogP contribution in [0.1, 0.15) is 43.6 Å². The van der Waals surface area contributed by atoms with Crippen molar-refractivity contribution in [3.63, 3.8) is 0 Å². The summed E-state index contributed by atoms with van der Waals surface area (Å²) < 4.78 is 39.4. The Kier molecular flexibility index (Phi) is 4.84. The van der Waals surface area contributed by atoms with Crippen molar-refractivity contribution in [1.29, 1.82) is 0 Å². The van der Waals surface area contributed by atoms with E-state index < -0.39 is 12.6 Å². The van der Waals surface area contributed by atoms with Crippen molar-refractivity contribution in [3.05, 3.63) is 53.5 Å². The molecule has 2 heterocycles. The SMILES string of the molecule is Cc1cc(N[C@@H](c2ccc(CC(F)(F)F)cc2)C(C)(C)C)n2ncnc2n1. The maximum Gasteiger partial charge on any atom is 0.393 e. The number of hydrogen-bond donors (Lipinski definition) is 1. The van der Waals surface area contributed by atoms with Crippen molar-refractivity contribution < 1.29 is 13.2 Å². The molecule has 0 aliphatic heterocycles. The van der Waals surface area contributed by atoms with Gasteiger partial charge in [0.1, 0.15) is 12.1 Å². The lowest BCUT2D eigenvalue weighted by Crippen LogP contribution is -2.27. The number of alkyl halides is 3. The number of nitrogens with one attached hydrogen (secondary N) is 1. The predicted octanol–water partition coefficient (Wildman–Crippen LogP) is 4.74. The molecule has 0 unspecified atom stereocenters. The molecule has 8 heteroatoms. The summed E-state index contributed by atoms with van der Waals surface area (Å²) in [5, 5.41) is 7.67. The van der Waals surface area contributed by atoms with E-state index in [1.807, 2.05) is 13.0 Å². The van der Waals surface area contributed by atoms with Crippen LogP contribution in [0, 0.1) is 12.3 Å². The van der Waals surface area contributed by atoms with E-state index >= 15 is 0 Å². The summed E-state index contributed by atoms with van der Waals surface area (Å²) in [5.74, 6) is 1.22. The molecule has 0 saturated heterocycles. The molecule has 0 bridgehead atoms. The third-order valence-corrected chi connectivity index (χ3v) is 4.26. The maximum absolute atomic E-state index is 12.6. The van der Waals surface area contributed by atoms with Crippen LogP contribution in [0.15, 0.2) is 36.7 Å². The van der Waals surface area contributed by atoms with Crippen LogP contribution in [0.25, 0.3) is 5.78 Å². The van der Waals surface area contributed by atoms with E-state index in [0.29, 0.717) is 5.78 Å². The maximum atomic E-state index is 12.6. The van der Waals surface area contributed by atoms with E-state index in [1.165, 1.54) is 18.5 Å². The van der Waals surface area contributed by atoms with Gasteiger partial charge in [-0.1, -0.05) is 45.0 Å². The first-order chi connectivity index (χ1) is 12.5. The molecule has 1 N–H and O–H groups in total. The van der Waals surface area contributed by atoms with Crippen LogP contribution in [0.4, 0.5) is 19.0 Å². The zero-order valence-corrected chi connectivity index (χ0v) is 15.7. The van der Waals surface area contributed by atoms with Gasteiger partial charge in [0.15, 0.2) is 0 Å². The second kappa shape index (κ2) is 6.83. The lowest BCUT2D eigenvalue weighted by molar-refractivity contribution is -0.127. The molecule has 2 aromatic heterocycles. The highest BCUT2D eigenvalue weighted by Gasteiger charge is 2.29. The van der Waals surface area contributed by atoms with Gasteiger partial charge in [-0.15, -0.1) is 0 Å². The molecule has 144 valence electrons. The van der Waals surface area contributed by atoms with Crippen LogP contribution < -0.4 is 5.32 Å². The van der Waals surface area contributed by atoms with Crippen molar-refractivity contribution in [2.24, 2.45) is 5.41 Å². The van der Waals surface area contributed by atoms with E-state index in [0.717, 1.165) is 17.1 Å². The Morgan fingerprint density at radius 2 is 1.78 bits per heavy atom. The van der Waals surface area contributed by atoms with Crippen LogP contribution in [-0.2, 0) is 6.42 Å². The minimum Gasteiger partial charge on any atom is -0.363 e. The standard InChI is InChI=1S/C19H22F3N5/c1-12-9-15(27-17(25-12)23-11-24-27)26-16(18(2,3)4)14-7-5-13(6-8-14)10-19(20,21)22/h5-9,11,16,26H,10H2,1-4H3/t16-/m0/s1. The van der Waals surface area contributed by atoms with Gasteiger partial charge in [-0.3, -0.25) is 0 Å². The van der Waals surface area contributed by atoms with E-state index in [4.69, 9.17) is 0 Å². The van der Waals surface area contributed by atoms with Crippen LogP contribution in [-0.4, -0.2) is 25.8 Å². The number of hydrogen-bond acceptors (Lipinski definition) is 4. The number of aromatic nitrogens is 4. The van der Waals surface area contributed by atoms with Gasteiger partial charge >= 0.3 is 6.18 Å². The minimum absolute atomic E-state index is 0.147. The molecule has 27 heavy (non-hydrogen) atoms. The van der Waals surface area contributed by atoms with Gasteiger partial charge < -0.3 is 5.32 Å². The second-order valence-electron chi connectivity index (χ2n) is 7.73. The Labute approximate surface area is 155 Å². The molecule has 0 fully saturated rings. The minimum atomic E-state index is -4.21. The highest BCUT2D eigenvalue weighted by atomic mass is 19.4. The number of nitrogens with zero attached hydrogens (tertiary/aromatic N) is 4. The van der Waals surface area contributed by atoms with Gasteiger partial charge in [-0.2, -0.15) is 27.8 Å². The molecular formula is C19H22F3N5. The molecule has 0 aliphatic carbocycles. The van der Waals surface area contributed by atoms with Crippen molar-refractivity contribution in [1.82, 2.24) is 19.6 Å². The molecule has 1 aromatic carbocycles. The summed E-state index contributed by atoms with van der Waals surface area (Å²) in [6.45, 7) is 8.08. The molecule has 0 saturated carbocycles. The molecule has 3 rings (SSSR count). The van der Waals surface area contributed by atoms with Crippen molar-refractivity contribution in [2.75, 3.05) is 5.32 Å². The summed E-state index contributed by atoms with van der Waals surface area (Å²) in [7, 11) is 0. The smallest absolute Gasteiger partial charge is 0.363 e. The highest BCUT2D eigenvalue weighted by Crippen LogP contribution is 2.36. The fourth-order valence-electron chi connectivity index (χ4n) is 3.04. The molecule has 1 atom stereocenters. The molecular weight excluding hydrogens is 355 g/mol. The number of fused-ring (bicyclic) bond motifs is 1. The summed E-state index contributed by atoms with van der Waals surface area (Å²) in [5.41, 5.74) is 1.75. The summed E-state index contributed by atoms with van der Waals surface area (Å²) in [6, 6.07) is 8.29.